The van der Waals surface area contributed by atoms with Crippen molar-refractivity contribution in [2.45, 2.75) is 73.2 Å². The number of likely N-dealkylation sites (tertiary alicyclic amines) is 1. The van der Waals surface area contributed by atoms with E-state index in [9.17, 15) is 31.1 Å². The van der Waals surface area contributed by atoms with Crippen molar-refractivity contribution in [2.24, 2.45) is 17.6 Å². The van der Waals surface area contributed by atoms with Crippen LogP contribution in [-0.4, -0.2) is 47.6 Å². The summed E-state index contributed by atoms with van der Waals surface area (Å²) in [6.45, 7) is 14.4. The minimum Gasteiger partial charge on any atom is -0.506 e. The first-order valence-electron chi connectivity index (χ1n) is 14.9. The van der Waals surface area contributed by atoms with Crippen molar-refractivity contribution in [3.63, 3.8) is 0 Å². The lowest BCUT2D eigenvalue weighted by Crippen LogP contribution is -2.58. The Morgan fingerprint density at radius 3 is 2.13 bits per heavy atom. The summed E-state index contributed by atoms with van der Waals surface area (Å²) < 4.78 is 69.4. The average molecular weight is 656 g/mol. The first-order valence-corrected chi connectivity index (χ1v) is 14.9. The van der Waals surface area contributed by atoms with Crippen molar-refractivity contribution >= 4 is 11.6 Å². The second kappa shape index (κ2) is 19.5. The Balaban J connectivity index is 0.000000992. The zero-order valence-electron chi connectivity index (χ0n) is 27.6. The summed E-state index contributed by atoms with van der Waals surface area (Å²) in [6.07, 6.45) is 5.31. The first-order chi connectivity index (χ1) is 21.4. The number of halogens is 6. The van der Waals surface area contributed by atoms with Gasteiger partial charge in [-0.1, -0.05) is 107 Å². The Morgan fingerprint density at radius 1 is 1.20 bits per heavy atom. The number of nitrogens with two attached hydrogens (primary N) is 1. The maximum Gasteiger partial charge on any atom is 0.416 e. The van der Waals surface area contributed by atoms with Gasteiger partial charge >= 0.3 is 12.9 Å². The van der Waals surface area contributed by atoms with Crippen molar-refractivity contribution < 1.29 is 36.2 Å². The second-order valence-electron chi connectivity index (χ2n) is 10.7. The topological polar surface area (TPSA) is 90.4 Å². The summed E-state index contributed by atoms with van der Waals surface area (Å²) in [4.78, 5) is 13.7. The third-order valence-electron chi connectivity index (χ3n) is 7.33. The molecular formula is C35H47F6N3O2. The van der Waals surface area contributed by atoms with E-state index in [1.54, 1.807) is 13.0 Å². The molecule has 5 nitrogen and oxygen atoms in total. The van der Waals surface area contributed by atoms with E-state index in [2.05, 4.69) is 25.6 Å². The normalized spacial score (nSPS) is 19.2. The van der Waals surface area contributed by atoms with Crippen LogP contribution < -0.4 is 5.73 Å². The summed E-state index contributed by atoms with van der Waals surface area (Å²) in [6, 6.07) is 10.0. The Labute approximate surface area is 269 Å². The quantitative estimate of drug-likeness (QED) is 0.0857. The number of carbonyl (C=O) groups is 1. The van der Waals surface area contributed by atoms with Gasteiger partial charge in [0, 0.05) is 36.2 Å². The van der Waals surface area contributed by atoms with E-state index in [0.29, 0.717) is 30.8 Å². The number of alkyl halides is 6. The highest BCUT2D eigenvalue weighted by atomic mass is 19.4. The highest BCUT2D eigenvalue weighted by Gasteiger charge is 2.44. The van der Waals surface area contributed by atoms with E-state index >= 15 is 0 Å². The molecule has 0 saturated carbocycles. The van der Waals surface area contributed by atoms with Crippen LogP contribution in [0, 0.1) is 17.2 Å². The van der Waals surface area contributed by atoms with Gasteiger partial charge in [0.2, 0.25) is 5.91 Å². The predicted molar refractivity (Wildman–Crippen MR) is 174 cm³/mol. The number of hydrogen-bond acceptors (Lipinski definition) is 4. The molecule has 0 bridgehead atoms. The molecule has 1 aromatic carbocycles. The molecule has 2 unspecified atom stereocenters. The molecule has 1 aromatic rings. The molecule has 1 saturated heterocycles. The molecule has 0 radical (unpaired) electrons. The molecule has 3 rings (SSSR count). The van der Waals surface area contributed by atoms with E-state index in [1.807, 2.05) is 69.9 Å². The van der Waals surface area contributed by atoms with Crippen LogP contribution in [0.1, 0.15) is 60.5 Å². The van der Waals surface area contributed by atoms with Gasteiger partial charge in [0.15, 0.2) is 0 Å². The standard InChI is InChI=1S/C23H27F3N2O.C9H13NO.C2H6.CHF3/c1-4-16-10-18(23(24,25)26)11-19(15(16)2)20(12-21(27)29)28-13-22(3,14-28)17-8-6-5-7-9-17;1-4-5-6-7(2)9(10)8(3)11;1-2;2-1(3)4/h5-12,15,19H,4,13-14H2,1-3H3,(H2,27,29);4-6,10-11H,3H2,1-2H3;1-2H3;1H/b20-12+;5-4-,7-6-,10-9?;;. The van der Waals surface area contributed by atoms with Crippen LogP contribution in [0.2, 0.25) is 0 Å². The fourth-order valence-corrected chi connectivity index (χ4v) is 4.99. The van der Waals surface area contributed by atoms with Crippen LogP contribution in [0.4, 0.5) is 26.3 Å². The van der Waals surface area contributed by atoms with Gasteiger partial charge < -0.3 is 15.7 Å². The van der Waals surface area contributed by atoms with E-state index in [4.69, 9.17) is 16.2 Å². The summed E-state index contributed by atoms with van der Waals surface area (Å²) in [7, 11) is 0. The average Bonchev–Trinajstić information content (AvgIpc) is 2.97. The largest absolute Gasteiger partial charge is 0.506 e. The fourth-order valence-electron chi connectivity index (χ4n) is 4.99. The van der Waals surface area contributed by atoms with Gasteiger partial charge in [-0.3, -0.25) is 10.2 Å². The number of primary amides is 1. The molecule has 0 aromatic heterocycles. The molecule has 46 heavy (non-hydrogen) atoms. The number of nitrogens with zero attached hydrogens (tertiary/aromatic N) is 1. The maximum atomic E-state index is 13.5. The van der Waals surface area contributed by atoms with Crippen LogP contribution in [0.15, 0.2) is 102 Å². The minimum absolute atomic E-state index is 0.0862. The Kier molecular flexibility index (Phi) is 17.8. The monoisotopic (exact) mass is 655 g/mol. The number of hydrogen-bond donors (Lipinski definition) is 3. The van der Waals surface area contributed by atoms with Gasteiger partial charge in [-0.15, -0.1) is 0 Å². The van der Waals surface area contributed by atoms with Crippen molar-refractivity contribution in [3.05, 3.63) is 107 Å². The highest BCUT2D eigenvalue weighted by Crippen LogP contribution is 2.44. The maximum absolute atomic E-state index is 13.5. The molecule has 1 aliphatic carbocycles. The van der Waals surface area contributed by atoms with Gasteiger partial charge in [-0.25, -0.2) is 0 Å². The lowest BCUT2D eigenvalue weighted by Gasteiger charge is -2.52. The zero-order valence-corrected chi connectivity index (χ0v) is 27.6. The number of aliphatic hydroxyl groups is 1. The van der Waals surface area contributed by atoms with Gasteiger partial charge in [-0.05, 0) is 37.3 Å². The molecule has 2 aliphatic rings. The Morgan fingerprint density at radius 2 is 1.72 bits per heavy atom. The van der Waals surface area contributed by atoms with Gasteiger partial charge in [0.25, 0.3) is 0 Å². The summed E-state index contributed by atoms with van der Waals surface area (Å²) in [5, 5.41) is 16.1. The molecule has 1 fully saturated rings. The molecule has 1 aliphatic heterocycles. The molecule has 0 spiro atoms. The molecule has 4 N–H and O–H groups in total. The van der Waals surface area contributed by atoms with Crippen LogP contribution in [0.5, 0.6) is 0 Å². The van der Waals surface area contributed by atoms with Crippen LogP contribution in [0.25, 0.3) is 0 Å². The van der Waals surface area contributed by atoms with Crippen LogP contribution in [0.3, 0.4) is 0 Å². The number of aliphatic hydroxyl groups excluding tert-OH is 1. The number of rotatable bonds is 8. The summed E-state index contributed by atoms with van der Waals surface area (Å²) in [5.74, 6) is -1.52. The third-order valence-corrected chi connectivity index (χ3v) is 7.33. The lowest BCUT2D eigenvalue weighted by atomic mass is 9.72. The van der Waals surface area contributed by atoms with Crippen molar-refractivity contribution in [2.75, 3.05) is 13.1 Å². The minimum atomic E-state index is -4.43. The molecule has 256 valence electrons. The highest BCUT2D eigenvalue weighted by molar-refractivity contribution is 6.07. The van der Waals surface area contributed by atoms with E-state index < -0.39 is 30.3 Å². The molecule has 1 heterocycles. The predicted octanol–water partition coefficient (Wildman–Crippen LogP) is 9.53. The second-order valence-corrected chi connectivity index (χ2v) is 10.7. The van der Waals surface area contributed by atoms with Crippen molar-refractivity contribution in [3.8, 4) is 0 Å². The smallest absolute Gasteiger partial charge is 0.416 e. The van der Waals surface area contributed by atoms with E-state index in [-0.39, 0.29) is 22.8 Å². The number of carbonyl (C=O) groups excluding carboxylic acids is 1. The van der Waals surface area contributed by atoms with Gasteiger partial charge in [0.05, 0.1) is 11.3 Å². The van der Waals surface area contributed by atoms with Crippen LogP contribution >= 0.6 is 0 Å². The van der Waals surface area contributed by atoms with E-state index in [1.165, 1.54) is 23.8 Å². The van der Waals surface area contributed by atoms with Crippen LogP contribution in [-0.2, 0) is 10.2 Å². The van der Waals surface area contributed by atoms with Crippen molar-refractivity contribution in [1.29, 1.82) is 5.41 Å². The molecule has 11 heteroatoms. The molecule has 2 atom stereocenters. The van der Waals surface area contributed by atoms with Gasteiger partial charge in [0.1, 0.15) is 5.76 Å². The Hall–Kier alpha value is -4.02. The van der Waals surface area contributed by atoms with Gasteiger partial charge in [-0.2, -0.15) is 26.3 Å². The SMILES string of the molecule is C=C(O)C(=N)/C(C)=C\C=C/C.CC.CCC1=CC(C(F)(F)F)=CC(/C(=C\C(N)=O)N2CC(C)(c3ccccc3)C2)C1C.FC(F)F. The lowest BCUT2D eigenvalue weighted by molar-refractivity contribution is -0.113. The fraction of sp³-hybridized carbons (Fsp3) is 0.429. The zero-order chi connectivity index (χ0) is 35.8. The number of amides is 1. The number of benzene rings is 1. The Bertz CT molecular complexity index is 1300. The summed E-state index contributed by atoms with van der Waals surface area (Å²) >= 11 is 0. The molecular weight excluding hydrogens is 608 g/mol. The van der Waals surface area contributed by atoms with E-state index in [0.717, 1.165) is 5.57 Å². The first kappa shape index (κ1) is 42.0. The third kappa shape index (κ3) is 13.1. The number of nitrogens with one attached hydrogen (secondary N) is 1. The number of allylic oxidation sites excluding steroid dienone is 8. The molecule has 1 amide bonds. The summed E-state index contributed by atoms with van der Waals surface area (Å²) in [5.41, 5.74) is 7.92. The van der Waals surface area contributed by atoms with Crippen molar-refractivity contribution in [1.82, 2.24) is 4.90 Å².